The fourth-order valence-electron chi connectivity index (χ4n) is 1.13. The molecule has 0 amide bonds. The molecule has 0 bridgehead atoms. The lowest BCUT2D eigenvalue weighted by Crippen LogP contribution is -2.47. The van der Waals surface area contributed by atoms with E-state index in [9.17, 15) is 13.2 Å². The van der Waals surface area contributed by atoms with Crippen molar-refractivity contribution in [2.45, 2.75) is 33.2 Å². The molecular weight excluding hydrogens is 220 g/mol. The van der Waals surface area contributed by atoms with E-state index in [0.717, 1.165) is 0 Å². The van der Waals surface area contributed by atoms with Gasteiger partial charge in [0.05, 0.1) is 0 Å². The molecule has 0 aliphatic heterocycles. The van der Waals surface area contributed by atoms with Gasteiger partial charge in [-0.15, -0.1) is 0 Å². The lowest BCUT2D eigenvalue weighted by Gasteiger charge is -2.21. The molecule has 1 atom stereocenters. The normalized spacial score (nSPS) is 14.1. The Balaban J connectivity index is 4.68. The second-order valence-electron chi connectivity index (χ2n) is 3.01. The van der Waals surface area contributed by atoms with Crippen LogP contribution in [0, 0.1) is 0 Å². The third kappa shape index (κ3) is 4.15. The minimum absolute atomic E-state index is 0.218. The molecule has 0 fully saturated rings. The van der Waals surface area contributed by atoms with Crippen LogP contribution in [0.3, 0.4) is 0 Å². The van der Waals surface area contributed by atoms with E-state index in [-0.39, 0.29) is 6.42 Å². The van der Waals surface area contributed by atoms with Crippen molar-refractivity contribution < 1.29 is 18.3 Å². The van der Waals surface area contributed by atoms with Gasteiger partial charge in [0.1, 0.15) is 6.04 Å². The number of rotatable bonds is 7. The number of hydrogen-bond acceptors (Lipinski definition) is 3. The fraction of sp³-hybridized carbons (Fsp3) is 0.875. The Labute approximate surface area is 90.5 Å². The van der Waals surface area contributed by atoms with Crippen LogP contribution in [0.15, 0.2) is 0 Å². The number of carbonyl (C=O) groups is 1. The zero-order valence-electron chi connectivity index (χ0n) is 9.23. The van der Waals surface area contributed by atoms with Gasteiger partial charge in [0.15, 0.2) is 0 Å². The first-order valence-corrected chi connectivity index (χ1v) is 6.33. The van der Waals surface area contributed by atoms with Crippen LogP contribution in [0.25, 0.3) is 0 Å². The predicted octanol–water partition coefficient (Wildman–Crippen LogP) is 0.0258. The maximum Gasteiger partial charge on any atom is 0.321 e. The SMILES string of the molecule is CCC(NS(=O)(=O)N(CC)CC)C(=O)O. The Morgan fingerprint density at radius 2 is 1.80 bits per heavy atom. The van der Waals surface area contributed by atoms with Crippen molar-refractivity contribution in [2.75, 3.05) is 13.1 Å². The molecule has 90 valence electrons. The van der Waals surface area contributed by atoms with Crippen molar-refractivity contribution in [3.63, 3.8) is 0 Å². The van der Waals surface area contributed by atoms with E-state index in [1.54, 1.807) is 20.8 Å². The van der Waals surface area contributed by atoms with Gasteiger partial charge in [0.2, 0.25) is 0 Å². The fourth-order valence-corrected chi connectivity index (χ4v) is 2.58. The highest BCUT2D eigenvalue weighted by atomic mass is 32.2. The molecule has 0 saturated heterocycles. The summed E-state index contributed by atoms with van der Waals surface area (Å²) in [6.07, 6.45) is 0.218. The van der Waals surface area contributed by atoms with E-state index in [1.165, 1.54) is 4.31 Å². The Morgan fingerprint density at radius 1 is 1.33 bits per heavy atom. The summed E-state index contributed by atoms with van der Waals surface area (Å²) >= 11 is 0. The van der Waals surface area contributed by atoms with Gasteiger partial charge in [-0.2, -0.15) is 17.4 Å². The van der Waals surface area contributed by atoms with E-state index in [4.69, 9.17) is 5.11 Å². The number of carboxylic acids is 1. The maximum atomic E-state index is 11.6. The van der Waals surface area contributed by atoms with Gasteiger partial charge in [0, 0.05) is 13.1 Å². The average Bonchev–Trinajstić information content (AvgIpc) is 2.15. The molecule has 6 nitrogen and oxygen atoms in total. The highest BCUT2D eigenvalue weighted by Crippen LogP contribution is 2.01. The van der Waals surface area contributed by atoms with Crippen molar-refractivity contribution in [1.29, 1.82) is 0 Å². The first kappa shape index (κ1) is 14.3. The highest BCUT2D eigenvalue weighted by Gasteiger charge is 2.25. The van der Waals surface area contributed by atoms with E-state index in [1.807, 2.05) is 0 Å². The molecule has 0 aromatic heterocycles. The molecule has 1 unspecified atom stereocenters. The van der Waals surface area contributed by atoms with Gasteiger partial charge in [-0.3, -0.25) is 4.79 Å². The molecule has 0 aliphatic carbocycles. The largest absolute Gasteiger partial charge is 0.480 e. The lowest BCUT2D eigenvalue weighted by molar-refractivity contribution is -0.139. The summed E-state index contributed by atoms with van der Waals surface area (Å²) in [4.78, 5) is 10.7. The Morgan fingerprint density at radius 3 is 2.07 bits per heavy atom. The molecule has 0 spiro atoms. The first-order valence-electron chi connectivity index (χ1n) is 4.89. The van der Waals surface area contributed by atoms with Crippen LogP contribution in [-0.2, 0) is 15.0 Å². The molecule has 0 heterocycles. The van der Waals surface area contributed by atoms with Gasteiger partial charge < -0.3 is 5.11 Å². The van der Waals surface area contributed by atoms with Crippen molar-refractivity contribution in [1.82, 2.24) is 9.03 Å². The predicted molar refractivity (Wildman–Crippen MR) is 56.7 cm³/mol. The summed E-state index contributed by atoms with van der Waals surface area (Å²) in [5, 5.41) is 8.72. The van der Waals surface area contributed by atoms with Crippen molar-refractivity contribution >= 4 is 16.2 Å². The smallest absolute Gasteiger partial charge is 0.321 e. The number of hydrogen-bond donors (Lipinski definition) is 2. The van der Waals surface area contributed by atoms with E-state index >= 15 is 0 Å². The second kappa shape index (κ2) is 6.04. The van der Waals surface area contributed by atoms with Crippen LogP contribution < -0.4 is 4.72 Å². The van der Waals surface area contributed by atoms with E-state index < -0.39 is 22.2 Å². The van der Waals surface area contributed by atoms with Crippen molar-refractivity contribution in [2.24, 2.45) is 0 Å². The minimum atomic E-state index is -3.68. The highest BCUT2D eigenvalue weighted by molar-refractivity contribution is 7.87. The Hall–Kier alpha value is -0.660. The molecule has 15 heavy (non-hydrogen) atoms. The summed E-state index contributed by atoms with van der Waals surface area (Å²) < 4.78 is 26.6. The number of nitrogens with zero attached hydrogens (tertiary/aromatic N) is 1. The van der Waals surface area contributed by atoms with Crippen molar-refractivity contribution in [3.05, 3.63) is 0 Å². The van der Waals surface area contributed by atoms with E-state index in [2.05, 4.69) is 4.72 Å². The second-order valence-corrected chi connectivity index (χ2v) is 4.71. The molecule has 2 N–H and O–H groups in total. The molecule has 0 aliphatic rings. The molecular formula is C8H18N2O4S. The zero-order chi connectivity index (χ0) is 12.1. The summed E-state index contributed by atoms with van der Waals surface area (Å²) in [5.41, 5.74) is 0. The van der Waals surface area contributed by atoms with Crippen LogP contribution in [0.1, 0.15) is 27.2 Å². The average molecular weight is 238 g/mol. The monoisotopic (exact) mass is 238 g/mol. The topological polar surface area (TPSA) is 86.7 Å². The van der Waals surface area contributed by atoms with Crippen LogP contribution in [0.5, 0.6) is 0 Å². The van der Waals surface area contributed by atoms with Crippen LogP contribution in [0.2, 0.25) is 0 Å². The van der Waals surface area contributed by atoms with Crippen molar-refractivity contribution in [3.8, 4) is 0 Å². The van der Waals surface area contributed by atoms with Gasteiger partial charge in [-0.25, -0.2) is 0 Å². The molecule has 0 saturated carbocycles. The molecule has 7 heteroatoms. The number of carboxylic acid groups (broad SMARTS) is 1. The van der Waals surface area contributed by atoms with Crippen LogP contribution in [0.4, 0.5) is 0 Å². The summed E-state index contributed by atoms with van der Waals surface area (Å²) in [6.45, 7) is 5.65. The number of aliphatic carboxylic acids is 1. The summed E-state index contributed by atoms with van der Waals surface area (Å²) in [7, 11) is -3.68. The number of nitrogens with one attached hydrogen (secondary N) is 1. The quantitative estimate of drug-likeness (QED) is 0.655. The molecule has 0 radical (unpaired) electrons. The summed E-state index contributed by atoms with van der Waals surface area (Å²) in [6, 6.07) is -1.06. The molecule has 0 aromatic rings. The summed E-state index contributed by atoms with van der Waals surface area (Å²) in [5.74, 6) is -1.16. The first-order chi connectivity index (χ1) is 6.88. The Bertz CT molecular complexity index is 298. The van der Waals surface area contributed by atoms with Gasteiger partial charge >= 0.3 is 5.97 Å². The molecule has 0 rings (SSSR count). The third-order valence-corrected chi connectivity index (χ3v) is 3.82. The lowest BCUT2D eigenvalue weighted by atomic mass is 10.2. The van der Waals surface area contributed by atoms with E-state index in [0.29, 0.717) is 13.1 Å². The third-order valence-electron chi connectivity index (χ3n) is 2.04. The minimum Gasteiger partial charge on any atom is -0.480 e. The maximum absolute atomic E-state index is 11.6. The zero-order valence-corrected chi connectivity index (χ0v) is 10.0. The van der Waals surface area contributed by atoms with Gasteiger partial charge in [-0.1, -0.05) is 20.8 Å². The van der Waals surface area contributed by atoms with Gasteiger partial charge in [-0.05, 0) is 6.42 Å². The Kier molecular flexibility index (Phi) is 5.77. The van der Waals surface area contributed by atoms with Crippen LogP contribution >= 0.6 is 0 Å². The van der Waals surface area contributed by atoms with Gasteiger partial charge in [0.25, 0.3) is 10.2 Å². The molecule has 0 aromatic carbocycles. The standard InChI is InChI=1S/C8H18N2O4S/c1-4-7(8(11)12)9-15(13,14)10(5-2)6-3/h7,9H,4-6H2,1-3H3,(H,11,12). The van der Waals surface area contributed by atoms with Crippen LogP contribution in [-0.4, -0.2) is 42.9 Å².